The molecule has 3 rings (SSSR count). The number of para-hydroxylation sites is 1. The van der Waals surface area contributed by atoms with Crippen LogP contribution in [0.4, 0.5) is 5.69 Å². The van der Waals surface area contributed by atoms with Crippen LogP contribution in [-0.4, -0.2) is 21.4 Å². The van der Waals surface area contributed by atoms with Crippen molar-refractivity contribution >= 4 is 21.6 Å². The summed E-state index contributed by atoms with van der Waals surface area (Å²) in [7, 11) is -2.32. The summed E-state index contributed by atoms with van der Waals surface area (Å²) in [5, 5.41) is 2.96. The van der Waals surface area contributed by atoms with Crippen molar-refractivity contribution in [2.45, 2.75) is 24.8 Å². The molecule has 3 aromatic carbocycles. The molecule has 0 bridgehead atoms. The van der Waals surface area contributed by atoms with Crippen molar-refractivity contribution in [3.8, 4) is 0 Å². The number of nitrogens with zero attached hydrogens (tertiary/aromatic N) is 1. The van der Waals surface area contributed by atoms with Crippen molar-refractivity contribution in [2.75, 3.05) is 11.4 Å². The van der Waals surface area contributed by atoms with E-state index in [-0.39, 0.29) is 16.8 Å². The third-order valence-electron chi connectivity index (χ3n) is 4.81. The Morgan fingerprint density at radius 1 is 0.897 bits per heavy atom. The van der Waals surface area contributed by atoms with Gasteiger partial charge >= 0.3 is 0 Å². The van der Waals surface area contributed by atoms with Gasteiger partial charge in [0.25, 0.3) is 15.9 Å². The maximum Gasteiger partial charge on any atom is 0.264 e. The third-order valence-corrected chi connectivity index (χ3v) is 6.60. The number of carbonyl (C=O) groups is 1. The monoisotopic (exact) mass is 408 g/mol. The Labute approximate surface area is 172 Å². The first kappa shape index (κ1) is 20.6. The topological polar surface area (TPSA) is 66.5 Å². The number of hydrogen-bond donors (Lipinski definition) is 1. The highest BCUT2D eigenvalue weighted by Crippen LogP contribution is 2.26. The van der Waals surface area contributed by atoms with Gasteiger partial charge in [0, 0.05) is 7.05 Å². The lowest BCUT2D eigenvalue weighted by Crippen LogP contribution is -2.31. The lowest BCUT2D eigenvalue weighted by Gasteiger charge is -2.23. The summed E-state index contributed by atoms with van der Waals surface area (Å²) in [6, 6.07) is 22.6. The number of hydrogen-bond acceptors (Lipinski definition) is 3. The van der Waals surface area contributed by atoms with E-state index >= 15 is 0 Å². The molecule has 0 aliphatic rings. The van der Waals surface area contributed by atoms with E-state index in [0.29, 0.717) is 11.3 Å². The van der Waals surface area contributed by atoms with Gasteiger partial charge in [-0.15, -0.1) is 0 Å². The van der Waals surface area contributed by atoms with Gasteiger partial charge in [-0.2, -0.15) is 0 Å². The predicted molar refractivity (Wildman–Crippen MR) is 116 cm³/mol. The van der Waals surface area contributed by atoms with Crippen molar-refractivity contribution < 1.29 is 13.2 Å². The molecule has 0 saturated carbocycles. The Hall–Kier alpha value is -3.12. The summed E-state index contributed by atoms with van der Waals surface area (Å²) < 4.78 is 27.1. The van der Waals surface area contributed by atoms with Crippen LogP contribution in [-0.2, 0) is 10.0 Å². The fourth-order valence-electron chi connectivity index (χ4n) is 3.03. The van der Waals surface area contributed by atoms with Crippen LogP contribution in [0.3, 0.4) is 0 Å². The van der Waals surface area contributed by atoms with Gasteiger partial charge in [0.1, 0.15) is 0 Å². The van der Waals surface area contributed by atoms with Gasteiger partial charge in [0.2, 0.25) is 0 Å². The maximum absolute atomic E-state index is 13.0. The first-order valence-electron chi connectivity index (χ1n) is 9.31. The summed E-state index contributed by atoms with van der Waals surface area (Å²) in [6.07, 6.45) is 0. The molecule has 0 saturated heterocycles. The van der Waals surface area contributed by atoms with Crippen LogP contribution in [0.2, 0.25) is 0 Å². The number of aryl methyl sites for hydroxylation is 1. The summed E-state index contributed by atoms with van der Waals surface area (Å²) >= 11 is 0. The number of rotatable bonds is 6. The highest BCUT2D eigenvalue weighted by Gasteiger charge is 2.25. The molecule has 0 aliphatic heterocycles. The fourth-order valence-corrected chi connectivity index (χ4v) is 4.27. The van der Waals surface area contributed by atoms with Gasteiger partial charge in [-0.05, 0) is 43.7 Å². The van der Waals surface area contributed by atoms with Gasteiger partial charge in [-0.25, -0.2) is 8.42 Å². The average Bonchev–Trinajstić information content (AvgIpc) is 2.74. The largest absolute Gasteiger partial charge is 0.345 e. The predicted octanol–water partition coefficient (Wildman–Crippen LogP) is 4.31. The zero-order valence-corrected chi connectivity index (χ0v) is 17.5. The van der Waals surface area contributed by atoms with Crippen LogP contribution in [0.15, 0.2) is 83.8 Å². The minimum absolute atomic E-state index is 0.172. The van der Waals surface area contributed by atoms with E-state index < -0.39 is 10.0 Å². The van der Waals surface area contributed by atoms with Crippen LogP contribution in [0, 0.1) is 6.92 Å². The Morgan fingerprint density at radius 2 is 1.48 bits per heavy atom. The minimum atomic E-state index is -3.78. The lowest BCUT2D eigenvalue weighted by atomic mass is 10.1. The molecule has 150 valence electrons. The number of nitrogens with one attached hydrogen (secondary N) is 1. The van der Waals surface area contributed by atoms with E-state index in [1.807, 2.05) is 38.1 Å². The third kappa shape index (κ3) is 4.49. The molecule has 1 unspecified atom stereocenters. The summed E-state index contributed by atoms with van der Waals surface area (Å²) in [6.45, 7) is 3.90. The van der Waals surface area contributed by atoms with Gasteiger partial charge in [0.15, 0.2) is 0 Å². The highest BCUT2D eigenvalue weighted by atomic mass is 32.2. The lowest BCUT2D eigenvalue weighted by molar-refractivity contribution is 0.0940. The molecule has 0 spiro atoms. The average molecular weight is 409 g/mol. The molecule has 3 aromatic rings. The molecular formula is C23H24N2O3S. The second-order valence-corrected chi connectivity index (χ2v) is 8.88. The van der Waals surface area contributed by atoms with Crippen LogP contribution in [0.25, 0.3) is 0 Å². The zero-order valence-electron chi connectivity index (χ0n) is 16.7. The molecule has 0 radical (unpaired) electrons. The molecule has 29 heavy (non-hydrogen) atoms. The first-order chi connectivity index (χ1) is 13.8. The van der Waals surface area contributed by atoms with Gasteiger partial charge in [-0.1, -0.05) is 60.2 Å². The smallest absolute Gasteiger partial charge is 0.264 e. The van der Waals surface area contributed by atoms with Crippen LogP contribution in [0.1, 0.15) is 34.5 Å². The van der Waals surface area contributed by atoms with Crippen molar-refractivity contribution in [3.63, 3.8) is 0 Å². The fraction of sp³-hybridized carbons (Fsp3) is 0.174. The maximum atomic E-state index is 13.0. The molecule has 0 aromatic heterocycles. The number of benzene rings is 3. The number of amides is 1. The van der Waals surface area contributed by atoms with Gasteiger partial charge in [-0.3, -0.25) is 9.10 Å². The quantitative estimate of drug-likeness (QED) is 0.661. The van der Waals surface area contributed by atoms with Crippen molar-refractivity contribution in [3.05, 3.63) is 95.6 Å². The van der Waals surface area contributed by atoms with Crippen LogP contribution >= 0.6 is 0 Å². The molecule has 0 aliphatic carbocycles. The van der Waals surface area contributed by atoms with Crippen LogP contribution in [0.5, 0.6) is 0 Å². The highest BCUT2D eigenvalue weighted by molar-refractivity contribution is 7.92. The van der Waals surface area contributed by atoms with Crippen molar-refractivity contribution in [1.82, 2.24) is 5.32 Å². The SMILES string of the molecule is Cc1ccc(C(C)NC(=O)c2ccccc2N(C)S(=O)(=O)c2ccccc2)cc1. The Balaban J connectivity index is 1.88. The molecule has 6 heteroatoms. The summed E-state index contributed by atoms with van der Waals surface area (Å²) in [5.41, 5.74) is 2.75. The van der Waals surface area contributed by atoms with E-state index in [9.17, 15) is 13.2 Å². The first-order valence-corrected chi connectivity index (χ1v) is 10.7. The molecular weight excluding hydrogens is 384 g/mol. The summed E-state index contributed by atoms with van der Waals surface area (Å²) in [5.74, 6) is -0.330. The number of sulfonamides is 1. The zero-order chi connectivity index (χ0) is 21.0. The molecule has 1 N–H and O–H groups in total. The molecule has 1 amide bonds. The second kappa shape index (κ2) is 8.49. The van der Waals surface area contributed by atoms with E-state index in [1.165, 1.54) is 19.2 Å². The number of carbonyl (C=O) groups excluding carboxylic acids is 1. The Morgan fingerprint density at radius 3 is 2.14 bits per heavy atom. The minimum Gasteiger partial charge on any atom is -0.345 e. The van der Waals surface area contributed by atoms with E-state index in [1.54, 1.807) is 42.5 Å². The van der Waals surface area contributed by atoms with E-state index in [0.717, 1.165) is 15.4 Å². The van der Waals surface area contributed by atoms with E-state index in [4.69, 9.17) is 0 Å². The van der Waals surface area contributed by atoms with E-state index in [2.05, 4.69) is 5.32 Å². The van der Waals surface area contributed by atoms with Crippen molar-refractivity contribution in [1.29, 1.82) is 0 Å². The standard InChI is InChI=1S/C23H24N2O3S/c1-17-13-15-19(16-14-17)18(2)24-23(26)21-11-7-8-12-22(21)25(3)29(27,28)20-9-5-4-6-10-20/h4-16,18H,1-3H3,(H,24,26). The summed E-state index contributed by atoms with van der Waals surface area (Å²) in [4.78, 5) is 13.1. The Kier molecular flexibility index (Phi) is 6.03. The molecule has 1 atom stereocenters. The molecule has 0 heterocycles. The second-order valence-electron chi connectivity index (χ2n) is 6.91. The van der Waals surface area contributed by atoms with Gasteiger partial charge < -0.3 is 5.32 Å². The van der Waals surface area contributed by atoms with Gasteiger partial charge in [0.05, 0.1) is 22.2 Å². The normalized spacial score (nSPS) is 12.2. The number of anilines is 1. The molecule has 5 nitrogen and oxygen atoms in total. The van der Waals surface area contributed by atoms with Crippen LogP contribution < -0.4 is 9.62 Å². The van der Waals surface area contributed by atoms with Crippen molar-refractivity contribution in [2.24, 2.45) is 0 Å². The Bertz CT molecular complexity index is 1090. The molecule has 0 fully saturated rings.